The van der Waals surface area contributed by atoms with Gasteiger partial charge in [-0.2, -0.15) is 0 Å². The van der Waals surface area contributed by atoms with E-state index >= 15 is 0 Å². The topological polar surface area (TPSA) is 138 Å². The van der Waals surface area contributed by atoms with Gasteiger partial charge < -0.3 is 25.6 Å². The number of carbonyl (C=O) groups excluding carboxylic acids is 2. The molecular formula is C25H25N3O6S. The first kappa shape index (κ1) is 24.4. The molecule has 182 valence electrons. The molecular weight excluding hydrogens is 470 g/mol. The molecule has 0 bridgehead atoms. The Bertz CT molecular complexity index is 1150. The minimum Gasteiger partial charge on any atom is -0.479 e. The van der Waals surface area contributed by atoms with Gasteiger partial charge in [0.2, 0.25) is 5.91 Å². The summed E-state index contributed by atoms with van der Waals surface area (Å²) in [6.07, 6.45) is -0.660. The molecule has 0 fully saturated rings. The summed E-state index contributed by atoms with van der Waals surface area (Å²) in [5.74, 6) is -1.99. The van der Waals surface area contributed by atoms with E-state index in [1.54, 1.807) is 11.7 Å². The third kappa shape index (κ3) is 5.84. The van der Waals surface area contributed by atoms with Gasteiger partial charge in [0.15, 0.2) is 6.10 Å². The molecule has 2 amide bonds. The number of benzene rings is 2. The van der Waals surface area contributed by atoms with Gasteiger partial charge in [0.1, 0.15) is 12.6 Å². The number of nitrogens with zero attached hydrogens (tertiary/aromatic N) is 1. The summed E-state index contributed by atoms with van der Waals surface area (Å²) in [5, 5.41) is 23.3. The van der Waals surface area contributed by atoms with Crippen molar-refractivity contribution >= 4 is 29.3 Å². The lowest BCUT2D eigenvalue weighted by molar-refractivity contribution is -0.147. The van der Waals surface area contributed by atoms with Crippen molar-refractivity contribution in [1.82, 2.24) is 15.6 Å². The van der Waals surface area contributed by atoms with Gasteiger partial charge in [0, 0.05) is 36.4 Å². The van der Waals surface area contributed by atoms with E-state index in [1.165, 1.54) is 11.3 Å². The van der Waals surface area contributed by atoms with E-state index in [-0.39, 0.29) is 31.9 Å². The zero-order valence-corrected chi connectivity index (χ0v) is 19.5. The molecule has 2 atom stereocenters. The second-order valence-corrected chi connectivity index (χ2v) is 9.10. The largest absolute Gasteiger partial charge is 0.479 e. The van der Waals surface area contributed by atoms with Gasteiger partial charge in [-0.3, -0.25) is 9.78 Å². The van der Waals surface area contributed by atoms with E-state index in [9.17, 15) is 19.5 Å². The Hall–Kier alpha value is -3.76. The van der Waals surface area contributed by atoms with E-state index < -0.39 is 30.1 Å². The van der Waals surface area contributed by atoms with E-state index in [0.29, 0.717) is 0 Å². The van der Waals surface area contributed by atoms with Gasteiger partial charge in [-0.25, -0.2) is 9.59 Å². The number of aliphatic hydroxyl groups is 1. The van der Waals surface area contributed by atoms with Crippen molar-refractivity contribution in [2.24, 2.45) is 0 Å². The molecule has 35 heavy (non-hydrogen) atoms. The van der Waals surface area contributed by atoms with Crippen LogP contribution in [0.15, 0.2) is 60.2 Å². The van der Waals surface area contributed by atoms with Crippen LogP contribution in [-0.4, -0.2) is 58.5 Å². The number of carboxylic acids is 1. The van der Waals surface area contributed by atoms with Gasteiger partial charge in [0.05, 0.1) is 5.51 Å². The second-order valence-electron chi connectivity index (χ2n) is 8.13. The standard InChI is InChI=1S/C25H25N3O6S/c29-22(24(31)32)9-10-27-23(30)21(11-15-12-26-14-35-15)28-25(33)34-13-20-18-7-3-1-5-16(18)17-6-2-4-8-19(17)20/h1-8,12,14,20-22,29H,9-11,13H2,(H,27,30)(H,28,33)(H,31,32). The predicted octanol–water partition coefficient (Wildman–Crippen LogP) is 2.54. The lowest BCUT2D eigenvalue weighted by Gasteiger charge is -2.19. The fourth-order valence-corrected chi connectivity index (χ4v) is 4.76. The number of nitrogens with one attached hydrogen (secondary N) is 2. The smallest absolute Gasteiger partial charge is 0.407 e. The SMILES string of the molecule is O=C(NC(Cc1cncs1)C(=O)NCCC(O)C(=O)O)OCC1c2ccccc2-c2ccccc21. The predicted molar refractivity (Wildman–Crippen MR) is 129 cm³/mol. The third-order valence-corrected chi connectivity index (χ3v) is 6.65. The van der Waals surface area contributed by atoms with Gasteiger partial charge in [0.25, 0.3) is 0 Å². The van der Waals surface area contributed by atoms with Crippen LogP contribution in [0.1, 0.15) is 28.3 Å². The number of carbonyl (C=O) groups is 3. The van der Waals surface area contributed by atoms with Crippen LogP contribution in [0.3, 0.4) is 0 Å². The molecule has 4 N–H and O–H groups in total. The van der Waals surface area contributed by atoms with E-state index in [4.69, 9.17) is 9.84 Å². The van der Waals surface area contributed by atoms with E-state index in [2.05, 4.69) is 15.6 Å². The first-order valence-corrected chi connectivity index (χ1v) is 12.0. The van der Waals surface area contributed by atoms with E-state index in [1.807, 2.05) is 48.5 Å². The lowest BCUT2D eigenvalue weighted by atomic mass is 9.98. The van der Waals surface area contributed by atoms with Crippen molar-refractivity contribution < 1.29 is 29.3 Å². The van der Waals surface area contributed by atoms with Crippen molar-refractivity contribution in [2.45, 2.75) is 30.9 Å². The van der Waals surface area contributed by atoms with Crippen molar-refractivity contribution in [2.75, 3.05) is 13.2 Å². The number of ether oxygens (including phenoxy) is 1. The van der Waals surface area contributed by atoms with E-state index in [0.717, 1.165) is 27.1 Å². The summed E-state index contributed by atoms with van der Waals surface area (Å²) in [5.41, 5.74) is 6.02. The second kappa shape index (κ2) is 11.1. The number of aromatic nitrogens is 1. The van der Waals surface area contributed by atoms with Crippen molar-refractivity contribution in [1.29, 1.82) is 0 Å². The van der Waals surface area contributed by atoms with Crippen molar-refractivity contribution in [3.8, 4) is 11.1 Å². The minimum atomic E-state index is -1.58. The van der Waals surface area contributed by atoms with Crippen molar-refractivity contribution in [3.63, 3.8) is 0 Å². The quantitative estimate of drug-likeness (QED) is 0.339. The Morgan fingerprint density at radius 1 is 1.06 bits per heavy atom. The number of amides is 2. The highest BCUT2D eigenvalue weighted by Gasteiger charge is 2.30. The summed E-state index contributed by atoms with van der Waals surface area (Å²) in [6, 6.07) is 15.0. The Kier molecular flexibility index (Phi) is 7.74. The molecule has 9 nitrogen and oxygen atoms in total. The molecule has 4 rings (SSSR count). The fourth-order valence-electron chi connectivity index (χ4n) is 4.11. The van der Waals surface area contributed by atoms with Gasteiger partial charge in [-0.05, 0) is 22.3 Å². The van der Waals surface area contributed by atoms with Crippen LogP contribution in [0.25, 0.3) is 11.1 Å². The molecule has 1 aromatic heterocycles. The van der Waals surface area contributed by atoms with Gasteiger partial charge in [-0.1, -0.05) is 48.5 Å². The minimum absolute atomic E-state index is 0.0577. The monoisotopic (exact) mass is 495 g/mol. The maximum absolute atomic E-state index is 12.7. The number of rotatable bonds is 10. The van der Waals surface area contributed by atoms with Crippen LogP contribution >= 0.6 is 11.3 Å². The maximum atomic E-state index is 12.7. The Balaban J connectivity index is 1.39. The molecule has 10 heteroatoms. The van der Waals surface area contributed by atoms with Crippen molar-refractivity contribution in [3.05, 3.63) is 76.2 Å². The Morgan fingerprint density at radius 3 is 2.31 bits per heavy atom. The normalized spacial score (nSPS) is 13.9. The molecule has 3 aromatic rings. The van der Waals surface area contributed by atoms with Crippen LogP contribution in [0.5, 0.6) is 0 Å². The molecule has 1 aliphatic rings. The van der Waals surface area contributed by atoms with Crippen LogP contribution in [0.4, 0.5) is 4.79 Å². The molecule has 0 saturated heterocycles. The van der Waals surface area contributed by atoms with Crippen LogP contribution in [0, 0.1) is 0 Å². The molecule has 1 heterocycles. The highest BCUT2D eigenvalue weighted by Crippen LogP contribution is 2.44. The first-order valence-electron chi connectivity index (χ1n) is 11.1. The Labute approximate surface area is 205 Å². The molecule has 0 spiro atoms. The number of thiazole rings is 1. The average Bonchev–Trinajstić information content (AvgIpc) is 3.48. The third-order valence-electron chi connectivity index (χ3n) is 5.84. The summed E-state index contributed by atoms with van der Waals surface area (Å²) in [7, 11) is 0. The average molecular weight is 496 g/mol. The zero-order chi connectivity index (χ0) is 24.8. The van der Waals surface area contributed by atoms with Crippen LogP contribution in [-0.2, 0) is 20.7 Å². The van der Waals surface area contributed by atoms with Crippen LogP contribution in [0.2, 0.25) is 0 Å². The summed E-state index contributed by atoms with van der Waals surface area (Å²) < 4.78 is 5.55. The number of alkyl carbamates (subject to hydrolysis) is 1. The summed E-state index contributed by atoms with van der Waals surface area (Å²) in [4.78, 5) is 41.0. The highest BCUT2D eigenvalue weighted by atomic mass is 32.1. The Morgan fingerprint density at radius 2 is 1.71 bits per heavy atom. The number of hydrogen-bond donors (Lipinski definition) is 4. The maximum Gasteiger partial charge on any atom is 0.407 e. The molecule has 0 aliphatic heterocycles. The number of aliphatic hydroxyl groups excluding tert-OH is 1. The summed E-state index contributed by atoms with van der Waals surface area (Å²) in [6.45, 7) is 0.0530. The first-order chi connectivity index (χ1) is 16.9. The number of aliphatic carboxylic acids is 1. The van der Waals surface area contributed by atoms with Crippen LogP contribution < -0.4 is 10.6 Å². The number of hydrogen-bond acceptors (Lipinski definition) is 7. The summed E-state index contributed by atoms with van der Waals surface area (Å²) >= 11 is 1.35. The molecule has 2 unspecified atom stereocenters. The zero-order valence-electron chi connectivity index (χ0n) is 18.7. The lowest BCUT2D eigenvalue weighted by Crippen LogP contribution is -2.48. The van der Waals surface area contributed by atoms with Gasteiger partial charge >= 0.3 is 12.1 Å². The fraction of sp³-hybridized carbons (Fsp3) is 0.280. The number of carboxylic acid groups (broad SMARTS) is 1. The molecule has 0 saturated carbocycles. The number of fused-ring (bicyclic) bond motifs is 3. The van der Waals surface area contributed by atoms with Gasteiger partial charge in [-0.15, -0.1) is 11.3 Å². The molecule has 1 aliphatic carbocycles. The molecule has 2 aromatic carbocycles. The highest BCUT2D eigenvalue weighted by molar-refractivity contribution is 7.09. The molecule has 0 radical (unpaired) electrons.